The molecule has 2 fully saturated rings. The number of carboxylic acids is 1. The lowest BCUT2D eigenvalue weighted by Gasteiger charge is -2.24. The monoisotopic (exact) mass is 300 g/mol. The summed E-state index contributed by atoms with van der Waals surface area (Å²) in [5, 5.41) is 18.7. The Morgan fingerprint density at radius 3 is 2.71 bits per heavy atom. The molecule has 0 saturated carbocycles. The average Bonchev–Trinajstić information content (AvgIpc) is 2.99. The number of carboxylic acid groups (broad SMARTS) is 1. The molecule has 0 aromatic rings. The molecule has 3 atom stereocenters. The third kappa shape index (κ3) is 3.33. The standard InChI is InChI=1S/C13H20N2O6/c1-21-3-2-14-6-8(4-11(14)17)12(18)15-7-9(16)5-10(15)13(19)20/h8-10,16H,2-7H2,1H3,(H,19,20)/t8?,9-,10-/m0/s1. The lowest BCUT2D eigenvalue weighted by Crippen LogP contribution is -2.44. The zero-order valence-electron chi connectivity index (χ0n) is 11.9. The number of aliphatic hydroxyl groups is 1. The topological polar surface area (TPSA) is 107 Å². The summed E-state index contributed by atoms with van der Waals surface area (Å²) in [5.74, 6) is -2.16. The molecule has 2 N–H and O–H groups in total. The third-order valence-corrected chi connectivity index (χ3v) is 3.98. The molecule has 0 radical (unpaired) electrons. The number of ether oxygens (including phenoxy) is 1. The average molecular weight is 300 g/mol. The second-order valence-corrected chi connectivity index (χ2v) is 5.47. The highest BCUT2D eigenvalue weighted by atomic mass is 16.5. The zero-order chi connectivity index (χ0) is 15.6. The second-order valence-electron chi connectivity index (χ2n) is 5.47. The van der Waals surface area contributed by atoms with Gasteiger partial charge in [-0.1, -0.05) is 0 Å². The molecule has 2 aliphatic rings. The summed E-state index contributed by atoms with van der Waals surface area (Å²) in [6.07, 6.45) is -0.701. The van der Waals surface area contributed by atoms with Crippen LogP contribution in [0.4, 0.5) is 0 Å². The fraction of sp³-hybridized carbons (Fsp3) is 0.769. The number of hydrogen-bond donors (Lipinski definition) is 2. The van der Waals surface area contributed by atoms with Gasteiger partial charge in [0.25, 0.3) is 0 Å². The van der Waals surface area contributed by atoms with Crippen molar-refractivity contribution in [3.8, 4) is 0 Å². The number of hydrogen-bond acceptors (Lipinski definition) is 5. The van der Waals surface area contributed by atoms with Gasteiger partial charge in [-0.25, -0.2) is 4.79 Å². The van der Waals surface area contributed by atoms with Gasteiger partial charge in [-0.2, -0.15) is 0 Å². The number of rotatable bonds is 5. The molecular weight excluding hydrogens is 280 g/mol. The highest BCUT2D eigenvalue weighted by Gasteiger charge is 2.44. The molecule has 2 saturated heterocycles. The van der Waals surface area contributed by atoms with Crippen molar-refractivity contribution in [2.45, 2.75) is 25.0 Å². The molecule has 0 spiro atoms. The molecule has 2 aliphatic heterocycles. The zero-order valence-corrected chi connectivity index (χ0v) is 11.9. The third-order valence-electron chi connectivity index (χ3n) is 3.98. The molecule has 21 heavy (non-hydrogen) atoms. The molecule has 118 valence electrons. The van der Waals surface area contributed by atoms with Gasteiger partial charge in [0.2, 0.25) is 11.8 Å². The maximum atomic E-state index is 12.4. The van der Waals surface area contributed by atoms with Crippen molar-refractivity contribution in [1.29, 1.82) is 0 Å². The van der Waals surface area contributed by atoms with Gasteiger partial charge in [0, 0.05) is 39.6 Å². The highest BCUT2D eigenvalue weighted by molar-refractivity contribution is 5.91. The molecule has 2 heterocycles. The van der Waals surface area contributed by atoms with Crippen LogP contribution in [0.5, 0.6) is 0 Å². The van der Waals surface area contributed by atoms with Crippen LogP contribution in [0.2, 0.25) is 0 Å². The molecule has 0 aliphatic carbocycles. The number of likely N-dealkylation sites (tertiary alicyclic amines) is 2. The predicted octanol–water partition coefficient (Wildman–Crippen LogP) is -1.47. The normalized spacial score (nSPS) is 29.2. The first kappa shape index (κ1) is 15.7. The van der Waals surface area contributed by atoms with Crippen LogP contribution >= 0.6 is 0 Å². The Balaban J connectivity index is 2.00. The van der Waals surface area contributed by atoms with Crippen LogP contribution in [0.25, 0.3) is 0 Å². The number of amides is 2. The van der Waals surface area contributed by atoms with E-state index in [0.29, 0.717) is 13.2 Å². The van der Waals surface area contributed by atoms with Crippen LogP contribution in [-0.4, -0.2) is 83.3 Å². The van der Waals surface area contributed by atoms with Crippen LogP contribution in [0.3, 0.4) is 0 Å². The Morgan fingerprint density at radius 1 is 1.38 bits per heavy atom. The van der Waals surface area contributed by atoms with Gasteiger partial charge in [0.1, 0.15) is 6.04 Å². The number of methoxy groups -OCH3 is 1. The molecule has 2 amide bonds. The number of aliphatic carboxylic acids is 1. The Labute approximate surface area is 122 Å². The number of carbonyl (C=O) groups excluding carboxylic acids is 2. The van der Waals surface area contributed by atoms with Crippen molar-refractivity contribution in [2.75, 3.05) is 33.4 Å². The summed E-state index contributed by atoms with van der Waals surface area (Å²) >= 11 is 0. The summed E-state index contributed by atoms with van der Waals surface area (Å²) in [6.45, 7) is 1.11. The van der Waals surface area contributed by atoms with E-state index in [1.165, 1.54) is 12.0 Å². The Hall–Kier alpha value is -1.67. The van der Waals surface area contributed by atoms with Crippen molar-refractivity contribution in [1.82, 2.24) is 9.80 Å². The molecule has 0 aromatic heterocycles. The highest BCUT2D eigenvalue weighted by Crippen LogP contribution is 2.25. The Bertz CT molecular complexity index is 440. The molecule has 0 bridgehead atoms. The van der Waals surface area contributed by atoms with E-state index in [1.54, 1.807) is 4.90 Å². The summed E-state index contributed by atoms with van der Waals surface area (Å²) in [6, 6.07) is -1.00. The number of carbonyl (C=O) groups is 3. The molecule has 0 aromatic carbocycles. The van der Waals surface area contributed by atoms with E-state index in [4.69, 9.17) is 9.84 Å². The van der Waals surface area contributed by atoms with Gasteiger partial charge < -0.3 is 24.7 Å². The van der Waals surface area contributed by atoms with E-state index in [9.17, 15) is 19.5 Å². The number of β-amino-alcohol motifs (C(OH)–C–C–N with tert-alkyl or cyclic N) is 1. The molecular formula is C13H20N2O6. The summed E-state index contributed by atoms with van der Waals surface area (Å²) in [5.41, 5.74) is 0. The lowest BCUT2D eigenvalue weighted by molar-refractivity contribution is -0.149. The minimum Gasteiger partial charge on any atom is -0.480 e. The lowest BCUT2D eigenvalue weighted by atomic mass is 10.1. The van der Waals surface area contributed by atoms with Gasteiger partial charge in [0.15, 0.2) is 0 Å². The van der Waals surface area contributed by atoms with E-state index in [-0.39, 0.29) is 37.7 Å². The molecule has 1 unspecified atom stereocenters. The smallest absolute Gasteiger partial charge is 0.326 e. The molecule has 2 rings (SSSR count). The van der Waals surface area contributed by atoms with Crippen LogP contribution in [0.1, 0.15) is 12.8 Å². The number of nitrogens with zero attached hydrogens (tertiary/aromatic N) is 2. The fourth-order valence-electron chi connectivity index (χ4n) is 2.88. The van der Waals surface area contributed by atoms with Crippen molar-refractivity contribution >= 4 is 17.8 Å². The molecule has 8 nitrogen and oxygen atoms in total. The second kappa shape index (κ2) is 6.40. The van der Waals surface area contributed by atoms with Gasteiger partial charge >= 0.3 is 5.97 Å². The van der Waals surface area contributed by atoms with Gasteiger partial charge in [-0.3, -0.25) is 9.59 Å². The van der Waals surface area contributed by atoms with E-state index in [2.05, 4.69) is 0 Å². The largest absolute Gasteiger partial charge is 0.480 e. The summed E-state index contributed by atoms with van der Waals surface area (Å²) in [7, 11) is 1.53. The van der Waals surface area contributed by atoms with Crippen LogP contribution in [0, 0.1) is 5.92 Å². The van der Waals surface area contributed by atoms with E-state index in [0.717, 1.165) is 0 Å². The Kier molecular flexibility index (Phi) is 4.79. The quantitative estimate of drug-likeness (QED) is 0.642. The number of aliphatic hydroxyl groups excluding tert-OH is 1. The van der Waals surface area contributed by atoms with Crippen molar-refractivity contribution in [2.24, 2.45) is 5.92 Å². The van der Waals surface area contributed by atoms with Crippen LogP contribution < -0.4 is 0 Å². The minimum absolute atomic E-state index is 0.0125. The maximum absolute atomic E-state index is 12.4. The first-order valence-corrected chi connectivity index (χ1v) is 6.92. The first-order chi connectivity index (χ1) is 9.93. The fourth-order valence-corrected chi connectivity index (χ4v) is 2.88. The van der Waals surface area contributed by atoms with Gasteiger partial charge in [-0.05, 0) is 0 Å². The molecule has 8 heteroatoms. The summed E-state index contributed by atoms with van der Waals surface area (Å²) < 4.78 is 4.91. The van der Waals surface area contributed by atoms with E-state index in [1.807, 2.05) is 0 Å². The minimum atomic E-state index is -1.12. The van der Waals surface area contributed by atoms with Gasteiger partial charge in [0.05, 0.1) is 18.6 Å². The van der Waals surface area contributed by atoms with Crippen molar-refractivity contribution < 1.29 is 29.3 Å². The van der Waals surface area contributed by atoms with E-state index < -0.39 is 24.0 Å². The predicted molar refractivity (Wildman–Crippen MR) is 70.3 cm³/mol. The van der Waals surface area contributed by atoms with Crippen molar-refractivity contribution in [3.63, 3.8) is 0 Å². The Morgan fingerprint density at radius 2 is 2.10 bits per heavy atom. The maximum Gasteiger partial charge on any atom is 0.326 e. The first-order valence-electron chi connectivity index (χ1n) is 6.92. The van der Waals surface area contributed by atoms with Crippen molar-refractivity contribution in [3.05, 3.63) is 0 Å². The van der Waals surface area contributed by atoms with Crippen LogP contribution in [0.15, 0.2) is 0 Å². The van der Waals surface area contributed by atoms with Gasteiger partial charge in [-0.15, -0.1) is 0 Å². The SMILES string of the molecule is COCCN1CC(C(=O)N2C[C@@H](O)C[C@H]2C(=O)O)CC1=O. The van der Waals surface area contributed by atoms with E-state index >= 15 is 0 Å². The van der Waals surface area contributed by atoms with Crippen LogP contribution in [-0.2, 0) is 19.1 Å². The summed E-state index contributed by atoms with van der Waals surface area (Å²) in [4.78, 5) is 38.1.